The summed E-state index contributed by atoms with van der Waals surface area (Å²) >= 11 is 0. The van der Waals surface area contributed by atoms with E-state index in [0.717, 1.165) is 21.6 Å². The van der Waals surface area contributed by atoms with Crippen molar-refractivity contribution in [2.24, 2.45) is 5.73 Å². The number of pyridine rings is 1. The molecular weight excluding hydrogens is 540 g/mol. The second-order valence-corrected chi connectivity index (χ2v) is 10.4. The summed E-state index contributed by atoms with van der Waals surface area (Å²) in [6, 6.07) is 22.3. The van der Waals surface area contributed by atoms with Gasteiger partial charge in [0.05, 0.1) is 24.4 Å². The van der Waals surface area contributed by atoms with E-state index in [1.54, 1.807) is 36.4 Å². The summed E-state index contributed by atoms with van der Waals surface area (Å²) in [6.07, 6.45) is -0.806. The van der Waals surface area contributed by atoms with Gasteiger partial charge in [-0.05, 0) is 42.7 Å². The van der Waals surface area contributed by atoms with E-state index in [0.29, 0.717) is 17.2 Å². The van der Waals surface area contributed by atoms with E-state index in [9.17, 15) is 14.4 Å². The Kier molecular flexibility index (Phi) is 9.50. The predicted octanol–water partition coefficient (Wildman–Crippen LogP) is 3.16. The first kappa shape index (κ1) is 30.2. The molecule has 0 aliphatic rings. The number of fused-ring (bicyclic) bond motifs is 1. The minimum atomic E-state index is -1.17. The maximum Gasteiger partial charge on any atom is 0.410 e. The number of carboxylic acid groups (broad SMARTS) is 1. The van der Waals surface area contributed by atoms with Gasteiger partial charge in [0.1, 0.15) is 19.2 Å². The van der Waals surface area contributed by atoms with Gasteiger partial charge in [0.15, 0.2) is 11.5 Å². The van der Waals surface area contributed by atoms with Crippen LogP contribution in [0.4, 0.5) is 4.79 Å². The molecule has 4 aromatic rings. The Morgan fingerprint density at radius 3 is 2.43 bits per heavy atom. The third-order valence-electron chi connectivity index (χ3n) is 6.41. The van der Waals surface area contributed by atoms with E-state index in [1.807, 2.05) is 54.6 Å². The van der Waals surface area contributed by atoms with Crippen LogP contribution in [0.25, 0.3) is 16.8 Å². The maximum atomic E-state index is 13.0. The zero-order chi connectivity index (χ0) is 30.3. The van der Waals surface area contributed by atoms with E-state index in [4.69, 9.17) is 20.3 Å². The molecule has 0 saturated carbocycles. The number of nitrogens with two attached hydrogens (primary N) is 1. The lowest BCUT2D eigenvalue weighted by molar-refractivity contribution is -0.137. The van der Waals surface area contributed by atoms with Crippen LogP contribution in [0.3, 0.4) is 0 Å². The summed E-state index contributed by atoms with van der Waals surface area (Å²) in [7, 11) is 1.33. The number of likely N-dealkylation sites (N-methyl/N-ethyl adjacent to an activating group) is 1. The van der Waals surface area contributed by atoms with Crippen LogP contribution in [-0.4, -0.2) is 68.3 Å². The van der Waals surface area contributed by atoms with Gasteiger partial charge in [-0.15, -0.1) is 10.2 Å². The van der Waals surface area contributed by atoms with Crippen LogP contribution >= 0.6 is 0 Å². The fourth-order valence-electron chi connectivity index (χ4n) is 4.24. The summed E-state index contributed by atoms with van der Waals surface area (Å²) in [6.45, 7) is 2.80. The Morgan fingerprint density at radius 1 is 1.00 bits per heavy atom. The number of benzene rings is 2. The van der Waals surface area contributed by atoms with E-state index >= 15 is 0 Å². The quantitative estimate of drug-likeness (QED) is 0.231. The Morgan fingerprint density at radius 2 is 1.71 bits per heavy atom. The molecular formula is C30H34N6O6. The highest BCUT2D eigenvalue weighted by molar-refractivity contribution is 5.85. The predicted molar refractivity (Wildman–Crippen MR) is 154 cm³/mol. The lowest BCUT2D eigenvalue weighted by Gasteiger charge is -2.24. The van der Waals surface area contributed by atoms with Crippen LogP contribution in [0.5, 0.6) is 0 Å². The molecule has 0 aliphatic heterocycles. The van der Waals surface area contributed by atoms with Crippen molar-refractivity contribution in [2.75, 3.05) is 20.2 Å². The van der Waals surface area contributed by atoms with Crippen molar-refractivity contribution in [1.82, 2.24) is 24.8 Å². The molecule has 0 aliphatic carbocycles. The zero-order valence-electron chi connectivity index (χ0n) is 23.7. The number of nitrogens with zero attached hydrogens (tertiary/aromatic N) is 4. The van der Waals surface area contributed by atoms with E-state index in [2.05, 4.69) is 15.5 Å². The summed E-state index contributed by atoms with van der Waals surface area (Å²) in [5.74, 6) is -1.23. The van der Waals surface area contributed by atoms with Crippen molar-refractivity contribution < 1.29 is 29.0 Å². The van der Waals surface area contributed by atoms with Crippen LogP contribution < -0.4 is 11.1 Å². The first-order chi connectivity index (χ1) is 20.0. The second-order valence-electron chi connectivity index (χ2n) is 10.4. The summed E-state index contributed by atoms with van der Waals surface area (Å²) in [4.78, 5) is 37.2. The van der Waals surface area contributed by atoms with E-state index in [-0.39, 0.29) is 19.8 Å². The van der Waals surface area contributed by atoms with Crippen molar-refractivity contribution in [3.8, 4) is 11.1 Å². The van der Waals surface area contributed by atoms with Crippen LogP contribution in [0.2, 0.25) is 0 Å². The van der Waals surface area contributed by atoms with Crippen molar-refractivity contribution in [2.45, 2.75) is 38.6 Å². The van der Waals surface area contributed by atoms with Crippen LogP contribution in [-0.2, 0) is 32.3 Å². The number of nitrogens with one attached hydrogen (secondary N) is 1. The minimum Gasteiger partial charge on any atom is -0.480 e. The zero-order valence-corrected chi connectivity index (χ0v) is 23.7. The monoisotopic (exact) mass is 574 g/mol. The lowest BCUT2D eigenvalue weighted by Crippen LogP contribution is -2.51. The van der Waals surface area contributed by atoms with Gasteiger partial charge in [-0.2, -0.15) is 0 Å². The largest absolute Gasteiger partial charge is 0.480 e. The average Bonchev–Trinajstić information content (AvgIpc) is 3.40. The molecule has 12 heteroatoms. The molecule has 0 radical (unpaired) electrons. The Hall–Kier alpha value is -4.81. The highest BCUT2D eigenvalue weighted by Gasteiger charge is 2.29. The SMILES string of the molecule is CN(CC(=O)O)C(=O)OCc1cccc2nnc([C@@H](COCc3ccccc3-c3ccccc3)NC(=O)C(C)(C)N)n12. The molecule has 1 atom stereocenters. The normalized spacial score (nSPS) is 12.1. The third kappa shape index (κ3) is 7.47. The Bertz CT molecular complexity index is 1550. The molecule has 4 rings (SSSR count). The second kappa shape index (κ2) is 13.2. The number of carboxylic acids is 1. The third-order valence-corrected chi connectivity index (χ3v) is 6.41. The number of hydrogen-bond acceptors (Lipinski definition) is 8. The minimum absolute atomic E-state index is 0.0429. The van der Waals surface area contributed by atoms with Crippen molar-refractivity contribution in [3.05, 3.63) is 89.9 Å². The van der Waals surface area contributed by atoms with Gasteiger partial charge < -0.3 is 30.5 Å². The summed E-state index contributed by atoms with van der Waals surface area (Å²) in [5, 5.41) is 20.4. The molecule has 2 aromatic carbocycles. The average molecular weight is 575 g/mol. The number of carbonyl (C=O) groups excluding carboxylic acids is 2. The van der Waals surface area contributed by atoms with Gasteiger partial charge in [0.2, 0.25) is 5.91 Å². The van der Waals surface area contributed by atoms with E-state index < -0.39 is 36.1 Å². The first-order valence-corrected chi connectivity index (χ1v) is 13.3. The number of aromatic nitrogens is 3. The number of aliphatic carboxylic acids is 1. The molecule has 2 heterocycles. The number of amides is 2. The Labute approximate surface area is 243 Å². The van der Waals surface area contributed by atoms with Crippen molar-refractivity contribution in [1.29, 1.82) is 0 Å². The molecule has 4 N–H and O–H groups in total. The molecule has 42 heavy (non-hydrogen) atoms. The standard InChI is InChI=1S/C30H34N6O6/c1-30(2,31)28(39)32-24(19-41-17-21-12-7-8-14-23(21)20-10-5-4-6-11-20)27-34-33-25-15-9-13-22(36(25)27)18-42-29(40)35(3)16-26(37)38/h4-15,24H,16-19,31H2,1-3H3,(H,32,39)(H,37,38)/t24-/m1/s1. The molecule has 0 unspecified atom stereocenters. The van der Waals surface area contributed by atoms with Crippen LogP contribution in [0.15, 0.2) is 72.8 Å². The smallest absolute Gasteiger partial charge is 0.410 e. The highest BCUT2D eigenvalue weighted by Crippen LogP contribution is 2.25. The number of carbonyl (C=O) groups is 3. The number of rotatable bonds is 12. The van der Waals surface area contributed by atoms with Gasteiger partial charge >= 0.3 is 12.1 Å². The first-order valence-electron chi connectivity index (χ1n) is 13.3. The molecule has 0 bridgehead atoms. The molecule has 2 aromatic heterocycles. The number of ether oxygens (including phenoxy) is 2. The molecule has 2 amide bonds. The van der Waals surface area contributed by atoms with Gasteiger partial charge in [-0.1, -0.05) is 60.7 Å². The van der Waals surface area contributed by atoms with E-state index in [1.165, 1.54) is 7.05 Å². The van der Waals surface area contributed by atoms with Crippen LogP contribution in [0, 0.1) is 0 Å². The van der Waals surface area contributed by atoms with Crippen molar-refractivity contribution in [3.63, 3.8) is 0 Å². The molecule has 220 valence electrons. The highest BCUT2D eigenvalue weighted by atomic mass is 16.6. The van der Waals surface area contributed by atoms with Gasteiger partial charge in [-0.3, -0.25) is 14.0 Å². The fourth-order valence-corrected chi connectivity index (χ4v) is 4.24. The van der Waals surface area contributed by atoms with Gasteiger partial charge in [0, 0.05) is 7.05 Å². The Balaban J connectivity index is 1.59. The molecule has 0 saturated heterocycles. The maximum absolute atomic E-state index is 13.0. The lowest BCUT2D eigenvalue weighted by atomic mass is 10.0. The number of hydrogen-bond donors (Lipinski definition) is 3. The molecule has 0 fully saturated rings. The van der Waals surface area contributed by atoms with Crippen LogP contribution in [0.1, 0.15) is 37.0 Å². The molecule has 0 spiro atoms. The van der Waals surface area contributed by atoms with Crippen molar-refractivity contribution >= 4 is 23.6 Å². The molecule has 12 nitrogen and oxygen atoms in total. The summed E-state index contributed by atoms with van der Waals surface area (Å²) < 4.78 is 13.2. The summed E-state index contributed by atoms with van der Waals surface area (Å²) in [5.41, 5.74) is 8.92. The van der Waals surface area contributed by atoms with Gasteiger partial charge in [0.25, 0.3) is 0 Å². The van der Waals surface area contributed by atoms with Gasteiger partial charge in [-0.25, -0.2) is 4.79 Å². The topological polar surface area (TPSA) is 161 Å². The fraction of sp³-hybridized carbons (Fsp3) is 0.300.